The summed E-state index contributed by atoms with van der Waals surface area (Å²) in [4.78, 5) is 21.7. The summed E-state index contributed by atoms with van der Waals surface area (Å²) in [5.74, 6) is -0.115. The molecule has 0 aliphatic carbocycles. The Hall–Kier alpha value is -2.97. The van der Waals surface area contributed by atoms with Gasteiger partial charge in [-0.1, -0.05) is 22.0 Å². The molecule has 2 aromatic carbocycles. The van der Waals surface area contributed by atoms with Crippen molar-refractivity contribution in [1.82, 2.24) is 19.4 Å². The maximum absolute atomic E-state index is 11.0. The van der Waals surface area contributed by atoms with Crippen LogP contribution in [0.4, 0.5) is 11.5 Å². The predicted octanol–water partition coefficient (Wildman–Crippen LogP) is 4.14. The summed E-state index contributed by atoms with van der Waals surface area (Å²) in [6, 6.07) is 12.0. The minimum Gasteiger partial charge on any atom is -0.480 e. The Labute approximate surface area is 176 Å². The second-order valence-corrected chi connectivity index (χ2v) is 7.99. The highest BCUT2D eigenvalue weighted by molar-refractivity contribution is 9.10. The number of benzene rings is 2. The number of hydrogen-bond donors (Lipinski definition) is 2. The average Bonchev–Trinajstić information content (AvgIpc) is 2.95. The fourth-order valence-corrected chi connectivity index (χ4v) is 3.92. The first-order valence-electron chi connectivity index (χ1n) is 9.06. The van der Waals surface area contributed by atoms with E-state index in [-0.39, 0.29) is 6.54 Å². The van der Waals surface area contributed by atoms with Crippen LogP contribution in [0.5, 0.6) is 0 Å². The molecule has 2 aromatic heterocycles. The molecule has 0 amide bonds. The number of carboxylic acid groups (broad SMARTS) is 1. The number of hydrogen-bond acceptors (Lipinski definition) is 5. The molecule has 0 saturated carbocycles. The first-order valence-corrected chi connectivity index (χ1v) is 9.85. The lowest BCUT2D eigenvalue weighted by Crippen LogP contribution is -2.24. The molecule has 0 saturated heterocycles. The quantitative estimate of drug-likeness (QED) is 0.456. The number of carboxylic acids is 1. The standard InChI is InChI=1S/C21H20BrN5O2/c1-26(11-20(28)29)9-13-10-27(2)19-8-18-17(7-16(13)19)21(24-12-23-18)25-15-5-3-4-14(22)6-15/h3-8,10,12H,9,11H2,1-2H3,(H,28,29)(H,23,24,25). The van der Waals surface area contributed by atoms with Crippen LogP contribution in [-0.4, -0.2) is 44.1 Å². The lowest BCUT2D eigenvalue weighted by atomic mass is 10.1. The lowest BCUT2D eigenvalue weighted by Gasteiger charge is -2.13. The van der Waals surface area contributed by atoms with Gasteiger partial charge in [0.15, 0.2) is 0 Å². The second kappa shape index (κ2) is 7.81. The third kappa shape index (κ3) is 4.08. The normalized spacial score (nSPS) is 11.4. The topological polar surface area (TPSA) is 83.3 Å². The van der Waals surface area contributed by atoms with Crippen molar-refractivity contribution >= 4 is 55.2 Å². The van der Waals surface area contributed by atoms with Gasteiger partial charge >= 0.3 is 5.97 Å². The van der Waals surface area contributed by atoms with E-state index in [1.54, 1.807) is 18.3 Å². The van der Waals surface area contributed by atoms with Crippen molar-refractivity contribution in [2.24, 2.45) is 7.05 Å². The third-order valence-corrected chi connectivity index (χ3v) is 5.25. The number of aliphatic carboxylic acids is 1. The van der Waals surface area contributed by atoms with Crippen molar-refractivity contribution in [2.75, 3.05) is 18.9 Å². The Morgan fingerprint density at radius 1 is 1.24 bits per heavy atom. The molecule has 2 N–H and O–H groups in total. The lowest BCUT2D eigenvalue weighted by molar-refractivity contribution is -0.138. The van der Waals surface area contributed by atoms with E-state index in [1.165, 1.54) is 0 Å². The molecule has 148 valence electrons. The van der Waals surface area contributed by atoms with Crippen molar-refractivity contribution < 1.29 is 9.90 Å². The van der Waals surface area contributed by atoms with Gasteiger partial charge in [-0.25, -0.2) is 9.97 Å². The summed E-state index contributed by atoms with van der Waals surface area (Å²) < 4.78 is 3.03. The molecule has 4 aromatic rings. The van der Waals surface area contributed by atoms with Crippen molar-refractivity contribution in [3.63, 3.8) is 0 Å². The van der Waals surface area contributed by atoms with Gasteiger partial charge in [-0.05, 0) is 42.9 Å². The number of aromatic nitrogens is 3. The highest BCUT2D eigenvalue weighted by Gasteiger charge is 2.14. The van der Waals surface area contributed by atoms with Gasteiger partial charge in [0, 0.05) is 40.7 Å². The Morgan fingerprint density at radius 3 is 2.83 bits per heavy atom. The molecule has 0 radical (unpaired) electrons. The van der Waals surface area contributed by atoms with Crippen LogP contribution < -0.4 is 5.32 Å². The molecule has 2 heterocycles. The van der Waals surface area contributed by atoms with Gasteiger partial charge in [0.2, 0.25) is 0 Å². The zero-order valence-corrected chi connectivity index (χ0v) is 17.6. The zero-order chi connectivity index (χ0) is 20.5. The monoisotopic (exact) mass is 453 g/mol. The highest BCUT2D eigenvalue weighted by atomic mass is 79.9. The van der Waals surface area contributed by atoms with Gasteiger partial charge in [0.1, 0.15) is 12.1 Å². The molecule has 0 fully saturated rings. The minimum absolute atomic E-state index is 0.0111. The molecule has 4 rings (SSSR count). The highest BCUT2D eigenvalue weighted by Crippen LogP contribution is 2.31. The largest absolute Gasteiger partial charge is 0.480 e. The number of nitrogens with zero attached hydrogens (tertiary/aromatic N) is 4. The van der Waals surface area contributed by atoms with Crippen molar-refractivity contribution in [2.45, 2.75) is 6.54 Å². The van der Waals surface area contributed by atoms with E-state index >= 15 is 0 Å². The number of fused-ring (bicyclic) bond motifs is 2. The molecule has 0 unspecified atom stereocenters. The van der Waals surface area contributed by atoms with Gasteiger partial charge < -0.3 is 15.0 Å². The maximum Gasteiger partial charge on any atom is 0.317 e. The molecule has 0 atom stereocenters. The van der Waals surface area contributed by atoms with Gasteiger partial charge in [0.25, 0.3) is 0 Å². The summed E-state index contributed by atoms with van der Waals surface area (Å²) >= 11 is 3.49. The van der Waals surface area contributed by atoms with Gasteiger partial charge in [-0.3, -0.25) is 9.69 Å². The summed E-state index contributed by atoms with van der Waals surface area (Å²) in [6.07, 6.45) is 3.59. The predicted molar refractivity (Wildman–Crippen MR) is 117 cm³/mol. The molecule has 0 aliphatic heterocycles. The van der Waals surface area contributed by atoms with Crippen LogP contribution in [-0.2, 0) is 18.4 Å². The van der Waals surface area contributed by atoms with E-state index in [9.17, 15) is 4.79 Å². The van der Waals surface area contributed by atoms with Crippen LogP contribution in [0.3, 0.4) is 0 Å². The third-order valence-electron chi connectivity index (χ3n) is 4.76. The number of likely N-dealkylation sites (N-methyl/N-ethyl adjacent to an activating group) is 1. The molecular formula is C21H20BrN5O2. The number of anilines is 2. The van der Waals surface area contributed by atoms with Gasteiger partial charge in [-0.2, -0.15) is 0 Å². The SMILES string of the molecule is CN(CC(=O)O)Cc1cn(C)c2cc3ncnc(Nc4cccc(Br)c4)c3cc12. The van der Waals surface area contributed by atoms with Crippen LogP contribution in [0.25, 0.3) is 21.8 Å². The van der Waals surface area contributed by atoms with Crippen molar-refractivity contribution in [3.8, 4) is 0 Å². The van der Waals surface area contributed by atoms with E-state index in [4.69, 9.17) is 5.11 Å². The van der Waals surface area contributed by atoms with Crippen LogP contribution in [0.2, 0.25) is 0 Å². The molecule has 0 spiro atoms. The molecule has 0 bridgehead atoms. The van der Waals surface area contributed by atoms with Crippen molar-refractivity contribution in [3.05, 3.63) is 59.0 Å². The van der Waals surface area contributed by atoms with Crippen LogP contribution in [0.1, 0.15) is 5.56 Å². The van der Waals surface area contributed by atoms with Crippen molar-refractivity contribution in [1.29, 1.82) is 0 Å². The Kier molecular flexibility index (Phi) is 5.21. The summed E-state index contributed by atoms with van der Waals surface area (Å²) in [5, 5.41) is 14.4. The Morgan fingerprint density at radius 2 is 2.07 bits per heavy atom. The Balaban J connectivity index is 1.79. The van der Waals surface area contributed by atoms with Crippen LogP contribution in [0, 0.1) is 0 Å². The summed E-state index contributed by atoms with van der Waals surface area (Å²) in [7, 11) is 3.79. The van der Waals surface area contributed by atoms with E-state index in [1.807, 2.05) is 48.1 Å². The smallest absolute Gasteiger partial charge is 0.317 e. The molecular weight excluding hydrogens is 434 g/mol. The fourth-order valence-electron chi connectivity index (χ4n) is 3.52. The zero-order valence-electron chi connectivity index (χ0n) is 16.1. The molecule has 7 nitrogen and oxygen atoms in total. The number of rotatable bonds is 6. The average molecular weight is 454 g/mol. The van der Waals surface area contributed by atoms with Crippen LogP contribution >= 0.6 is 15.9 Å². The van der Waals surface area contributed by atoms with Gasteiger partial charge in [0.05, 0.1) is 17.6 Å². The Bertz CT molecular complexity index is 1220. The number of halogens is 1. The van der Waals surface area contributed by atoms with Crippen LogP contribution in [0.15, 0.2) is 53.4 Å². The van der Waals surface area contributed by atoms with Gasteiger partial charge in [-0.15, -0.1) is 0 Å². The fraction of sp³-hybridized carbons (Fsp3) is 0.190. The number of aryl methyl sites for hydroxylation is 1. The minimum atomic E-state index is -0.841. The molecule has 0 aliphatic rings. The maximum atomic E-state index is 11.0. The van der Waals surface area contributed by atoms with E-state index < -0.39 is 5.97 Å². The number of carbonyl (C=O) groups is 1. The first-order chi connectivity index (χ1) is 13.9. The molecule has 29 heavy (non-hydrogen) atoms. The van der Waals surface area contributed by atoms with E-state index in [2.05, 4.69) is 37.3 Å². The number of nitrogens with one attached hydrogen (secondary N) is 1. The van der Waals surface area contributed by atoms with E-state index in [0.29, 0.717) is 6.54 Å². The van der Waals surface area contributed by atoms with E-state index in [0.717, 1.165) is 43.3 Å². The first kappa shape index (κ1) is 19.4. The summed E-state index contributed by atoms with van der Waals surface area (Å²) in [6.45, 7) is 0.528. The summed E-state index contributed by atoms with van der Waals surface area (Å²) in [5.41, 5.74) is 3.87. The molecule has 8 heteroatoms. The second-order valence-electron chi connectivity index (χ2n) is 7.08.